The smallest absolute Gasteiger partial charge is 0.160 e. The van der Waals surface area contributed by atoms with Gasteiger partial charge in [-0.25, -0.2) is 0 Å². The van der Waals surface area contributed by atoms with E-state index in [0.717, 1.165) is 5.69 Å². The van der Waals surface area contributed by atoms with Gasteiger partial charge in [-0.15, -0.1) is 0 Å². The Bertz CT molecular complexity index is 328. The third kappa shape index (κ3) is 3.36. The van der Waals surface area contributed by atoms with Crippen LogP contribution >= 0.6 is 11.6 Å². The van der Waals surface area contributed by atoms with Gasteiger partial charge in [0.1, 0.15) is 6.10 Å². The van der Waals surface area contributed by atoms with E-state index in [9.17, 15) is 9.90 Å². The van der Waals surface area contributed by atoms with Gasteiger partial charge in [0.05, 0.1) is 0 Å². The first kappa shape index (κ1) is 11.0. The molecule has 0 aliphatic rings. The second kappa shape index (κ2) is 4.98. The SMILES string of the molecule is CC(=O)C(O)CNc1cccc(Cl)c1. The van der Waals surface area contributed by atoms with Crippen molar-refractivity contribution in [2.24, 2.45) is 0 Å². The van der Waals surface area contributed by atoms with Gasteiger partial charge in [-0.05, 0) is 25.1 Å². The molecule has 0 heterocycles. The zero-order chi connectivity index (χ0) is 10.6. The molecule has 1 aromatic carbocycles. The van der Waals surface area contributed by atoms with Crippen molar-refractivity contribution < 1.29 is 9.90 Å². The number of hydrogen-bond donors (Lipinski definition) is 2. The minimum absolute atomic E-state index is 0.204. The molecule has 1 atom stereocenters. The highest BCUT2D eigenvalue weighted by atomic mass is 35.5. The van der Waals surface area contributed by atoms with Gasteiger partial charge >= 0.3 is 0 Å². The van der Waals surface area contributed by atoms with Crippen molar-refractivity contribution >= 4 is 23.1 Å². The number of benzene rings is 1. The van der Waals surface area contributed by atoms with E-state index >= 15 is 0 Å². The minimum Gasteiger partial charge on any atom is -0.383 e. The van der Waals surface area contributed by atoms with Crippen LogP contribution in [-0.4, -0.2) is 23.5 Å². The highest BCUT2D eigenvalue weighted by Gasteiger charge is 2.08. The predicted molar refractivity (Wildman–Crippen MR) is 56.6 cm³/mol. The standard InChI is InChI=1S/C10H12ClNO2/c1-7(13)10(14)6-12-9-4-2-3-8(11)5-9/h2-5,10,12,14H,6H2,1H3. The summed E-state index contributed by atoms with van der Waals surface area (Å²) in [7, 11) is 0. The number of aliphatic hydroxyl groups is 1. The van der Waals surface area contributed by atoms with Crippen LogP contribution in [0.4, 0.5) is 5.69 Å². The summed E-state index contributed by atoms with van der Waals surface area (Å²) in [5.74, 6) is -0.250. The van der Waals surface area contributed by atoms with Gasteiger partial charge in [-0.3, -0.25) is 4.79 Å². The molecule has 0 saturated heterocycles. The summed E-state index contributed by atoms with van der Waals surface area (Å²) >= 11 is 5.75. The van der Waals surface area contributed by atoms with E-state index in [1.54, 1.807) is 18.2 Å². The summed E-state index contributed by atoms with van der Waals surface area (Å²) in [6.45, 7) is 1.56. The molecule has 0 amide bonds. The largest absolute Gasteiger partial charge is 0.383 e. The van der Waals surface area contributed by atoms with Crippen molar-refractivity contribution in [3.05, 3.63) is 29.3 Å². The molecule has 4 heteroatoms. The van der Waals surface area contributed by atoms with Gasteiger partial charge < -0.3 is 10.4 Å². The summed E-state index contributed by atoms with van der Waals surface area (Å²) in [6.07, 6.45) is -0.964. The molecule has 0 radical (unpaired) electrons. The van der Waals surface area contributed by atoms with Gasteiger partial charge in [-0.1, -0.05) is 17.7 Å². The van der Waals surface area contributed by atoms with Crippen molar-refractivity contribution in [1.82, 2.24) is 0 Å². The third-order valence-electron chi connectivity index (χ3n) is 1.79. The number of anilines is 1. The number of Topliss-reactive ketones (excluding diaryl/α,β-unsaturated/α-hetero) is 1. The van der Waals surface area contributed by atoms with E-state index in [1.165, 1.54) is 6.92 Å². The number of hydrogen-bond acceptors (Lipinski definition) is 3. The van der Waals surface area contributed by atoms with Crippen LogP contribution in [0.5, 0.6) is 0 Å². The van der Waals surface area contributed by atoms with Crippen LogP contribution in [0.25, 0.3) is 0 Å². The van der Waals surface area contributed by atoms with Gasteiger partial charge in [-0.2, -0.15) is 0 Å². The van der Waals surface area contributed by atoms with Crippen LogP contribution in [-0.2, 0) is 4.79 Å². The highest BCUT2D eigenvalue weighted by molar-refractivity contribution is 6.30. The number of ketones is 1. The maximum absolute atomic E-state index is 10.7. The Morgan fingerprint density at radius 3 is 2.93 bits per heavy atom. The maximum Gasteiger partial charge on any atom is 0.160 e. The number of halogens is 1. The van der Waals surface area contributed by atoms with Gasteiger partial charge in [0, 0.05) is 17.3 Å². The van der Waals surface area contributed by atoms with Crippen LogP contribution in [0, 0.1) is 0 Å². The van der Waals surface area contributed by atoms with Gasteiger partial charge in [0.25, 0.3) is 0 Å². The lowest BCUT2D eigenvalue weighted by Gasteiger charge is -2.09. The second-order valence-electron chi connectivity index (χ2n) is 3.02. The number of aliphatic hydroxyl groups excluding tert-OH is 1. The zero-order valence-corrected chi connectivity index (χ0v) is 8.58. The normalized spacial score (nSPS) is 12.2. The maximum atomic E-state index is 10.7. The number of nitrogens with one attached hydrogen (secondary N) is 1. The molecule has 1 rings (SSSR count). The Morgan fingerprint density at radius 2 is 2.36 bits per heavy atom. The predicted octanol–water partition coefficient (Wildman–Crippen LogP) is 1.70. The van der Waals surface area contributed by atoms with E-state index in [2.05, 4.69) is 5.32 Å². The van der Waals surface area contributed by atoms with E-state index in [1.807, 2.05) is 6.07 Å². The third-order valence-corrected chi connectivity index (χ3v) is 2.03. The molecule has 0 fully saturated rings. The fourth-order valence-corrected chi connectivity index (χ4v) is 1.15. The average Bonchev–Trinajstić information content (AvgIpc) is 2.14. The lowest BCUT2D eigenvalue weighted by atomic mass is 10.2. The van der Waals surface area contributed by atoms with E-state index < -0.39 is 6.10 Å². The molecule has 0 bridgehead atoms. The summed E-state index contributed by atoms with van der Waals surface area (Å²) in [4.78, 5) is 10.7. The highest BCUT2D eigenvalue weighted by Crippen LogP contribution is 2.14. The fourth-order valence-electron chi connectivity index (χ4n) is 0.957. The fraction of sp³-hybridized carbons (Fsp3) is 0.300. The van der Waals surface area contributed by atoms with E-state index in [0.29, 0.717) is 5.02 Å². The van der Waals surface area contributed by atoms with Crippen molar-refractivity contribution in [3.63, 3.8) is 0 Å². The Labute approximate surface area is 87.7 Å². The molecule has 0 saturated carbocycles. The summed E-state index contributed by atoms with van der Waals surface area (Å²) in [6, 6.07) is 7.10. The lowest BCUT2D eigenvalue weighted by molar-refractivity contribution is -0.124. The lowest BCUT2D eigenvalue weighted by Crippen LogP contribution is -2.26. The van der Waals surface area contributed by atoms with Crippen LogP contribution in [0.2, 0.25) is 5.02 Å². The Morgan fingerprint density at radius 1 is 1.64 bits per heavy atom. The van der Waals surface area contributed by atoms with Crippen LogP contribution < -0.4 is 5.32 Å². The Hall–Kier alpha value is -1.06. The van der Waals surface area contributed by atoms with Crippen molar-refractivity contribution in [1.29, 1.82) is 0 Å². The van der Waals surface area contributed by atoms with E-state index in [4.69, 9.17) is 11.6 Å². The molecule has 1 aromatic rings. The first-order valence-electron chi connectivity index (χ1n) is 4.27. The molecule has 76 valence electrons. The Kier molecular flexibility index (Phi) is 3.92. The molecule has 1 unspecified atom stereocenters. The summed E-state index contributed by atoms with van der Waals surface area (Å²) in [5.41, 5.74) is 0.790. The molecule has 2 N–H and O–H groups in total. The molecular weight excluding hydrogens is 202 g/mol. The molecule has 0 aromatic heterocycles. The molecule has 0 aliphatic heterocycles. The molecule has 3 nitrogen and oxygen atoms in total. The topological polar surface area (TPSA) is 49.3 Å². The molecule has 14 heavy (non-hydrogen) atoms. The van der Waals surface area contributed by atoms with Crippen LogP contribution in [0.15, 0.2) is 24.3 Å². The van der Waals surface area contributed by atoms with Crippen LogP contribution in [0.3, 0.4) is 0 Å². The van der Waals surface area contributed by atoms with Crippen molar-refractivity contribution in [2.75, 3.05) is 11.9 Å². The van der Waals surface area contributed by atoms with Crippen molar-refractivity contribution in [2.45, 2.75) is 13.0 Å². The number of carbonyl (C=O) groups is 1. The summed E-state index contributed by atoms with van der Waals surface area (Å²) < 4.78 is 0. The zero-order valence-electron chi connectivity index (χ0n) is 7.83. The number of carbonyl (C=O) groups excluding carboxylic acids is 1. The summed E-state index contributed by atoms with van der Waals surface area (Å²) in [5, 5.41) is 12.7. The average molecular weight is 214 g/mol. The first-order chi connectivity index (χ1) is 6.59. The second-order valence-corrected chi connectivity index (χ2v) is 3.45. The quantitative estimate of drug-likeness (QED) is 0.801. The minimum atomic E-state index is -0.964. The van der Waals surface area contributed by atoms with Gasteiger partial charge in [0.15, 0.2) is 5.78 Å². The van der Waals surface area contributed by atoms with Crippen molar-refractivity contribution in [3.8, 4) is 0 Å². The first-order valence-corrected chi connectivity index (χ1v) is 4.65. The molecule has 0 spiro atoms. The monoisotopic (exact) mass is 213 g/mol. The van der Waals surface area contributed by atoms with E-state index in [-0.39, 0.29) is 12.3 Å². The molecule has 0 aliphatic carbocycles. The van der Waals surface area contributed by atoms with Crippen LogP contribution in [0.1, 0.15) is 6.92 Å². The van der Waals surface area contributed by atoms with Gasteiger partial charge in [0.2, 0.25) is 0 Å². The molecular formula is C10H12ClNO2. The Balaban J connectivity index is 2.49. The number of rotatable bonds is 4.